The van der Waals surface area contributed by atoms with Gasteiger partial charge in [0.2, 0.25) is 0 Å². The highest BCUT2D eigenvalue weighted by Crippen LogP contribution is 2.15. The Labute approximate surface area is 106 Å². The van der Waals surface area contributed by atoms with Crippen molar-refractivity contribution < 1.29 is 0 Å². The van der Waals surface area contributed by atoms with Crippen molar-refractivity contribution in [2.24, 2.45) is 5.92 Å². The van der Waals surface area contributed by atoms with Crippen molar-refractivity contribution in [1.82, 2.24) is 5.32 Å². The molecule has 1 nitrogen and oxygen atoms in total. The van der Waals surface area contributed by atoms with E-state index in [2.05, 4.69) is 56.9 Å². The van der Waals surface area contributed by atoms with Gasteiger partial charge in [0.25, 0.3) is 0 Å². The van der Waals surface area contributed by atoms with Crippen LogP contribution in [0.4, 0.5) is 0 Å². The third-order valence-electron chi connectivity index (χ3n) is 2.79. The molecule has 0 atom stereocenters. The molecule has 1 N–H and O–H groups in total. The fourth-order valence-electron chi connectivity index (χ4n) is 1.88. The highest BCUT2D eigenvalue weighted by molar-refractivity contribution is 5.62. The van der Waals surface area contributed by atoms with E-state index in [9.17, 15) is 0 Å². The van der Waals surface area contributed by atoms with E-state index < -0.39 is 0 Å². The van der Waals surface area contributed by atoms with E-state index in [1.54, 1.807) is 0 Å². The Balaban J connectivity index is 2.60. The summed E-state index contributed by atoms with van der Waals surface area (Å²) >= 11 is 0. The molecule has 0 saturated carbocycles. The minimum atomic E-state index is 0.701. The summed E-state index contributed by atoms with van der Waals surface area (Å²) in [6, 6.07) is 8.70. The quantitative estimate of drug-likeness (QED) is 0.692. The van der Waals surface area contributed by atoms with E-state index in [0.717, 1.165) is 18.7 Å². The van der Waals surface area contributed by atoms with Crippen LogP contribution in [-0.4, -0.2) is 6.54 Å². The molecule has 0 spiro atoms. The molecule has 0 unspecified atom stereocenters. The Morgan fingerprint density at radius 2 is 2.12 bits per heavy atom. The Bertz CT molecular complexity index is 352. The summed E-state index contributed by atoms with van der Waals surface area (Å²) in [4.78, 5) is 0. The SMILES string of the molecule is C=C(NCCCC)c1cccc(CC(C)C)c1. The summed E-state index contributed by atoms with van der Waals surface area (Å²) in [5.74, 6) is 0.701. The second kappa shape index (κ2) is 7.16. The molecule has 0 aliphatic heterocycles. The van der Waals surface area contributed by atoms with Crippen LogP contribution in [0.3, 0.4) is 0 Å². The van der Waals surface area contributed by atoms with Crippen molar-refractivity contribution in [2.45, 2.75) is 40.0 Å². The first-order valence-corrected chi connectivity index (χ1v) is 6.65. The van der Waals surface area contributed by atoms with Gasteiger partial charge in [-0.1, -0.05) is 52.0 Å². The van der Waals surface area contributed by atoms with E-state index in [-0.39, 0.29) is 0 Å². The predicted octanol–water partition coefficient (Wildman–Crippen LogP) is 4.25. The molecule has 0 radical (unpaired) electrons. The van der Waals surface area contributed by atoms with Crippen LogP contribution in [0.2, 0.25) is 0 Å². The normalized spacial score (nSPS) is 10.6. The number of nitrogens with one attached hydrogen (secondary N) is 1. The molecule has 1 rings (SSSR count). The van der Waals surface area contributed by atoms with Gasteiger partial charge in [0.1, 0.15) is 0 Å². The predicted molar refractivity (Wildman–Crippen MR) is 76.9 cm³/mol. The second-order valence-corrected chi connectivity index (χ2v) is 5.06. The van der Waals surface area contributed by atoms with Crippen molar-refractivity contribution >= 4 is 5.70 Å². The molecule has 1 aromatic rings. The van der Waals surface area contributed by atoms with Gasteiger partial charge in [-0.25, -0.2) is 0 Å². The standard InChI is InChI=1S/C16H25N/c1-5-6-10-17-14(4)16-9-7-8-15(12-16)11-13(2)3/h7-9,12-13,17H,4-6,10-11H2,1-3H3. The number of hydrogen-bond donors (Lipinski definition) is 1. The first kappa shape index (κ1) is 13.8. The summed E-state index contributed by atoms with van der Waals surface area (Å²) < 4.78 is 0. The highest BCUT2D eigenvalue weighted by atomic mass is 14.9. The fourth-order valence-corrected chi connectivity index (χ4v) is 1.88. The van der Waals surface area contributed by atoms with E-state index in [0.29, 0.717) is 5.92 Å². The van der Waals surface area contributed by atoms with Gasteiger partial charge >= 0.3 is 0 Å². The Kier molecular flexibility index (Phi) is 5.82. The third kappa shape index (κ3) is 5.08. The van der Waals surface area contributed by atoms with Crippen LogP contribution in [0.5, 0.6) is 0 Å². The van der Waals surface area contributed by atoms with Crippen LogP contribution < -0.4 is 5.32 Å². The lowest BCUT2D eigenvalue weighted by atomic mass is 10.0. The summed E-state index contributed by atoms with van der Waals surface area (Å²) in [5.41, 5.74) is 3.67. The number of rotatable bonds is 7. The van der Waals surface area contributed by atoms with Crippen LogP contribution in [0.25, 0.3) is 5.70 Å². The minimum absolute atomic E-state index is 0.701. The molecular weight excluding hydrogens is 206 g/mol. The average molecular weight is 231 g/mol. The van der Waals surface area contributed by atoms with Crippen LogP contribution >= 0.6 is 0 Å². The summed E-state index contributed by atoms with van der Waals surface area (Å²) in [7, 11) is 0. The lowest BCUT2D eigenvalue weighted by molar-refractivity contribution is 0.647. The molecule has 0 bridgehead atoms. The average Bonchev–Trinajstić information content (AvgIpc) is 2.28. The first-order chi connectivity index (χ1) is 8.13. The number of benzene rings is 1. The molecule has 94 valence electrons. The molecule has 0 amide bonds. The number of hydrogen-bond acceptors (Lipinski definition) is 1. The monoisotopic (exact) mass is 231 g/mol. The molecule has 0 aliphatic carbocycles. The molecule has 1 heteroatoms. The lowest BCUT2D eigenvalue weighted by Gasteiger charge is -2.11. The van der Waals surface area contributed by atoms with E-state index in [1.165, 1.54) is 24.0 Å². The van der Waals surface area contributed by atoms with Gasteiger partial charge in [0.15, 0.2) is 0 Å². The molecule has 0 aliphatic rings. The van der Waals surface area contributed by atoms with Crippen LogP contribution in [0.1, 0.15) is 44.7 Å². The molecular formula is C16H25N. The fraction of sp³-hybridized carbons (Fsp3) is 0.500. The Morgan fingerprint density at radius 3 is 2.76 bits per heavy atom. The molecule has 0 aromatic heterocycles. The Hall–Kier alpha value is -1.24. The highest BCUT2D eigenvalue weighted by Gasteiger charge is 2.01. The second-order valence-electron chi connectivity index (χ2n) is 5.06. The van der Waals surface area contributed by atoms with Gasteiger partial charge < -0.3 is 5.32 Å². The van der Waals surface area contributed by atoms with Crippen LogP contribution in [-0.2, 0) is 6.42 Å². The lowest BCUT2D eigenvalue weighted by Crippen LogP contribution is -2.12. The smallest absolute Gasteiger partial charge is 0.0340 e. The van der Waals surface area contributed by atoms with Gasteiger partial charge in [-0.05, 0) is 36.0 Å². The van der Waals surface area contributed by atoms with E-state index in [1.807, 2.05) is 0 Å². The van der Waals surface area contributed by atoms with Gasteiger partial charge in [-0.3, -0.25) is 0 Å². The molecule has 0 fully saturated rings. The van der Waals surface area contributed by atoms with Gasteiger partial charge in [0, 0.05) is 12.2 Å². The first-order valence-electron chi connectivity index (χ1n) is 6.65. The van der Waals surface area contributed by atoms with Crippen molar-refractivity contribution in [3.8, 4) is 0 Å². The zero-order valence-corrected chi connectivity index (χ0v) is 11.4. The third-order valence-corrected chi connectivity index (χ3v) is 2.79. The molecule has 1 aromatic carbocycles. The zero-order valence-electron chi connectivity index (χ0n) is 11.4. The Morgan fingerprint density at radius 1 is 1.35 bits per heavy atom. The largest absolute Gasteiger partial charge is 0.385 e. The van der Waals surface area contributed by atoms with Crippen molar-refractivity contribution in [3.05, 3.63) is 42.0 Å². The molecule has 0 saturated heterocycles. The van der Waals surface area contributed by atoms with Gasteiger partial charge in [-0.15, -0.1) is 0 Å². The molecule has 0 heterocycles. The van der Waals surface area contributed by atoms with Crippen molar-refractivity contribution in [1.29, 1.82) is 0 Å². The van der Waals surface area contributed by atoms with Crippen molar-refractivity contribution in [2.75, 3.05) is 6.54 Å². The maximum atomic E-state index is 4.11. The van der Waals surface area contributed by atoms with Crippen molar-refractivity contribution in [3.63, 3.8) is 0 Å². The molecule has 17 heavy (non-hydrogen) atoms. The van der Waals surface area contributed by atoms with Crippen LogP contribution in [0, 0.1) is 5.92 Å². The van der Waals surface area contributed by atoms with E-state index >= 15 is 0 Å². The maximum Gasteiger partial charge on any atom is 0.0340 e. The maximum absolute atomic E-state index is 4.11. The van der Waals surface area contributed by atoms with Crippen LogP contribution in [0.15, 0.2) is 30.8 Å². The van der Waals surface area contributed by atoms with Gasteiger partial charge in [0.05, 0.1) is 0 Å². The minimum Gasteiger partial charge on any atom is -0.385 e. The van der Waals surface area contributed by atoms with Gasteiger partial charge in [-0.2, -0.15) is 0 Å². The van der Waals surface area contributed by atoms with E-state index in [4.69, 9.17) is 0 Å². The zero-order chi connectivity index (χ0) is 12.7. The summed E-state index contributed by atoms with van der Waals surface area (Å²) in [6.45, 7) is 11.8. The topological polar surface area (TPSA) is 12.0 Å². The number of unbranched alkanes of at least 4 members (excludes halogenated alkanes) is 1. The summed E-state index contributed by atoms with van der Waals surface area (Å²) in [5, 5.41) is 3.39. The summed E-state index contributed by atoms with van der Waals surface area (Å²) in [6.07, 6.45) is 3.55.